The van der Waals surface area contributed by atoms with Gasteiger partial charge in [-0.3, -0.25) is 14.4 Å². The molecule has 3 fully saturated rings. The van der Waals surface area contributed by atoms with Gasteiger partial charge in [0.2, 0.25) is 17.7 Å². The number of ether oxygens (including phenoxy) is 1. The smallest absolute Gasteiger partial charge is 0.230 e. The molecule has 3 amide bonds. The molecule has 2 aliphatic heterocycles. The molecule has 2 unspecified atom stereocenters. The van der Waals surface area contributed by atoms with Gasteiger partial charge >= 0.3 is 0 Å². The van der Waals surface area contributed by atoms with E-state index >= 15 is 0 Å². The Kier molecular flexibility index (Phi) is 7.57. The van der Waals surface area contributed by atoms with Crippen molar-refractivity contribution in [3.8, 4) is 5.75 Å². The summed E-state index contributed by atoms with van der Waals surface area (Å²) < 4.78 is 6.02. The third-order valence-corrected chi connectivity index (χ3v) is 11.1. The number of para-hydroxylation sites is 1. The second-order valence-corrected chi connectivity index (χ2v) is 13.9. The summed E-state index contributed by atoms with van der Waals surface area (Å²) in [6, 6.07) is 16.0. The van der Waals surface area contributed by atoms with E-state index in [1.54, 1.807) is 6.92 Å². The van der Waals surface area contributed by atoms with Gasteiger partial charge in [0.1, 0.15) is 5.75 Å². The molecule has 7 nitrogen and oxygen atoms in total. The maximum atomic E-state index is 13.9. The zero-order valence-electron chi connectivity index (χ0n) is 25.3. The van der Waals surface area contributed by atoms with Crippen molar-refractivity contribution in [1.29, 1.82) is 0 Å². The van der Waals surface area contributed by atoms with Crippen molar-refractivity contribution < 1.29 is 19.1 Å². The molecule has 2 heterocycles. The van der Waals surface area contributed by atoms with E-state index in [0.29, 0.717) is 32.7 Å². The number of piperidine rings is 1. The van der Waals surface area contributed by atoms with E-state index in [1.165, 1.54) is 6.42 Å². The first-order chi connectivity index (χ1) is 20.1. The minimum Gasteiger partial charge on any atom is -0.493 e. The van der Waals surface area contributed by atoms with Crippen molar-refractivity contribution in [3.63, 3.8) is 0 Å². The van der Waals surface area contributed by atoms with Crippen molar-refractivity contribution in [2.24, 2.45) is 16.7 Å². The SMILES string of the molecule is CC(=O)N1CCC(C(C)(C(=O)NCC2(C)CCC2)c2ccc(NC(=O)CC3c4ccccc4OCC34CC4)cc2)CC1. The Hall–Kier alpha value is -3.35. The average molecular weight is 572 g/mol. The number of nitrogens with zero attached hydrogens (tertiary/aromatic N) is 1. The fourth-order valence-electron chi connectivity index (χ4n) is 7.59. The number of likely N-dealkylation sites (tertiary alicyclic amines) is 1. The lowest BCUT2D eigenvalue weighted by molar-refractivity contribution is -0.132. The highest BCUT2D eigenvalue weighted by Crippen LogP contribution is 2.61. The van der Waals surface area contributed by atoms with E-state index in [0.717, 1.165) is 61.1 Å². The van der Waals surface area contributed by atoms with Gasteiger partial charge in [-0.05, 0) is 86.1 Å². The molecule has 0 bridgehead atoms. The monoisotopic (exact) mass is 571 g/mol. The van der Waals surface area contributed by atoms with Crippen molar-refractivity contribution in [1.82, 2.24) is 10.2 Å². The number of hydrogen-bond acceptors (Lipinski definition) is 4. The summed E-state index contributed by atoms with van der Waals surface area (Å²) >= 11 is 0. The fraction of sp³-hybridized carbons (Fsp3) is 0.571. The number of anilines is 1. The summed E-state index contributed by atoms with van der Waals surface area (Å²) in [6.07, 6.45) is 7.71. The van der Waals surface area contributed by atoms with Gasteiger partial charge < -0.3 is 20.3 Å². The quantitative estimate of drug-likeness (QED) is 0.420. The predicted octanol–water partition coefficient (Wildman–Crippen LogP) is 5.79. The molecular weight excluding hydrogens is 526 g/mol. The number of benzene rings is 2. The maximum absolute atomic E-state index is 13.9. The number of nitrogens with one attached hydrogen (secondary N) is 2. The highest BCUT2D eigenvalue weighted by Gasteiger charge is 2.54. The van der Waals surface area contributed by atoms with Crippen LogP contribution in [0.5, 0.6) is 5.75 Å². The lowest BCUT2D eigenvalue weighted by Crippen LogP contribution is -2.53. The minimum absolute atomic E-state index is 0.00146. The van der Waals surface area contributed by atoms with E-state index < -0.39 is 5.41 Å². The molecule has 2 aromatic rings. The Balaban J connectivity index is 1.17. The Morgan fingerprint density at radius 3 is 2.31 bits per heavy atom. The molecule has 2 saturated carbocycles. The Morgan fingerprint density at radius 2 is 1.69 bits per heavy atom. The zero-order valence-corrected chi connectivity index (χ0v) is 25.3. The number of carbonyl (C=O) groups is 3. The van der Waals surface area contributed by atoms with Crippen LogP contribution in [0.4, 0.5) is 5.69 Å². The Labute approximate surface area is 249 Å². The summed E-state index contributed by atoms with van der Waals surface area (Å²) in [7, 11) is 0. The second-order valence-electron chi connectivity index (χ2n) is 13.9. The van der Waals surface area contributed by atoms with E-state index in [4.69, 9.17) is 4.74 Å². The summed E-state index contributed by atoms with van der Waals surface area (Å²) in [6.45, 7) is 8.65. The van der Waals surface area contributed by atoms with Gasteiger partial charge in [-0.15, -0.1) is 0 Å². The third-order valence-electron chi connectivity index (χ3n) is 11.1. The van der Waals surface area contributed by atoms with Gasteiger partial charge in [-0.25, -0.2) is 0 Å². The number of fused-ring (bicyclic) bond motifs is 1. The van der Waals surface area contributed by atoms with Crippen LogP contribution < -0.4 is 15.4 Å². The highest BCUT2D eigenvalue weighted by atomic mass is 16.5. The van der Waals surface area contributed by atoms with Crippen LogP contribution in [0.25, 0.3) is 0 Å². The topological polar surface area (TPSA) is 87.7 Å². The molecule has 1 spiro atoms. The molecule has 0 aromatic heterocycles. The van der Waals surface area contributed by atoms with Crippen molar-refractivity contribution in [2.45, 2.75) is 83.5 Å². The van der Waals surface area contributed by atoms with Gasteiger partial charge in [0.05, 0.1) is 12.0 Å². The Bertz CT molecular complexity index is 1340. The largest absolute Gasteiger partial charge is 0.493 e. The Morgan fingerprint density at radius 1 is 1.00 bits per heavy atom. The van der Waals surface area contributed by atoms with E-state index in [-0.39, 0.29) is 40.4 Å². The van der Waals surface area contributed by atoms with Gasteiger partial charge in [-0.1, -0.05) is 43.7 Å². The van der Waals surface area contributed by atoms with Gasteiger partial charge in [0.15, 0.2) is 0 Å². The molecule has 2 atom stereocenters. The number of rotatable bonds is 8. The molecular formula is C35H45N3O4. The molecule has 42 heavy (non-hydrogen) atoms. The molecule has 0 radical (unpaired) electrons. The van der Waals surface area contributed by atoms with Gasteiger partial charge in [-0.2, -0.15) is 0 Å². The van der Waals surface area contributed by atoms with Crippen molar-refractivity contribution >= 4 is 23.4 Å². The molecule has 224 valence electrons. The first-order valence-electron chi connectivity index (χ1n) is 15.8. The van der Waals surface area contributed by atoms with Crippen molar-refractivity contribution in [3.05, 3.63) is 59.7 Å². The third kappa shape index (κ3) is 5.43. The van der Waals surface area contributed by atoms with E-state index in [2.05, 4.69) is 30.5 Å². The molecule has 6 rings (SSSR count). The molecule has 4 aliphatic rings. The van der Waals surface area contributed by atoms with Gasteiger partial charge in [0, 0.05) is 50.0 Å². The molecule has 2 aliphatic carbocycles. The van der Waals surface area contributed by atoms with E-state index in [9.17, 15) is 14.4 Å². The van der Waals surface area contributed by atoms with Crippen LogP contribution in [0.2, 0.25) is 0 Å². The fourth-order valence-corrected chi connectivity index (χ4v) is 7.59. The van der Waals surface area contributed by atoms with Crippen LogP contribution in [-0.2, 0) is 19.8 Å². The molecule has 7 heteroatoms. The zero-order chi connectivity index (χ0) is 29.5. The van der Waals surface area contributed by atoms with E-state index in [1.807, 2.05) is 47.4 Å². The molecule has 2 aromatic carbocycles. The molecule has 2 N–H and O–H groups in total. The number of amides is 3. The highest BCUT2D eigenvalue weighted by molar-refractivity contribution is 5.92. The summed E-state index contributed by atoms with van der Waals surface area (Å²) in [5.74, 6) is 1.32. The lowest BCUT2D eigenvalue weighted by atomic mass is 9.66. The normalized spacial score (nSPS) is 23.5. The van der Waals surface area contributed by atoms with Gasteiger partial charge in [0.25, 0.3) is 0 Å². The maximum Gasteiger partial charge on any atom is 0.230 e. The van der Waals surface area contributed by atoms with Crippen LogP contribution in [0.15, 0.2) is 48.5 Å². The van der Waals surface area contributed by atoms with Crippen LogP contribution in [0.3, 0.4) is 0 Å². The van der Waals surface area contributed by atoms with Crippen molar-refractivity contribution in [2.75, 3.05) is 31.6 Å². The first kappa shape index (κ1) is 28.8. The number of hydrogen-bond donors (Lipinski definition) is 2. The summed E-state index contributed by atoms with van der Waals surface area (Å²) in [4.78, 5) is 41.1. The van der Waals surface area contributed by atoms with Crippen LogP contribution in [-0.4, -0.2) is 48.9 Å². The average Bonchev–Trinajstić information content (AvgIpc) is 3.76. The predicted molar refractivity (Wildman–Crippen MR) is 163 cm³/mol. The first-order valence-corrected chi connectivity index (χ1v) is 15.8. The summed E-state index contributed by atoms with van der Waals surface area (Å²) in [5.41, 5.74) is 2.38. The lowest BCUT2D eigenvalue weighted by Gasteiger charge is -2.44. The van der Waals surface area contributed by atoms with Crippen LogP contribution in [0.1, 0.15) is 89.2 Å². The van der Waals surface area contributed by atoms with Crippen LogP contribution >= 0.6 is 0 Å². The number of carbonyl (C=O) groups excluding carboxylic acids is 3. The standard InChI is InChI=1S/C35H45N3O4/c1-24(39)38-19-13-26(14-20-38)34(3,32(41)36-22-33(2)15-6-16-33)25-9-11-27(12-10-25)37-31(40)21-29-28-7-4-5-8-30(28)42-23-35(29)17-18-35/h4-5,7-12,26,29H,6,13-23H2,1-3H3,(H,36,41)(H,37,40). The summed E-state index contributed by atoms with van der Waals surface area (Å²) in [5, 5.41) is 6.44. The van der Waals surface area contributed by atoms with Crippen LogP contribution in [0, 0.1) is 16.7 Å². The second kappa shape index (κ2) is 11.1. The molecule has 1 saturated heterocycles. The minimum atomic E-state index is -0.727.